The fourth-order valence-corrected chi connectivity index (χ4v) is 1.34. The van der Waals surface area contributed by atoms with Crippen LogP contribution in [0.1, 0.15) is 5.56 Å². The molecule has 0 radical (unpaired) electrons. The summed E-state index contributed by atoms with van der Waals surface area (Å²) < 4.78 is 5.07. The second-order valence-electron chi connectivity index (χ2n) is 3.36. The van der Waals surface area contributed by atoms with Crippen LogP contribution in [0, 0.1) is 0 Å². The first-order valence-corrected chi connectivity index (χ1v) is 5.34. The van der Waals surface area contributed by atoms with Crippen molar-refractivity contribution >= 4 is 17.7 Å². The van der Waals surface area contributed by atoms with Crippen LogP contribution in [0.5, 0.6) is 0 Å². The molecule has 0 heterocycles. The Morgan fingerprint density at radius 2 is 2.19 bits per heavy atom. The molecule has 0 unspecified atom stereocenters. The lowest BCUT2D eigenvalue weighted by Gasteiger charge is -2.15. The number of hydrogen-bond donors (Lipinski definition) is 1. The molecule has 0 atom stereocenters. The van der Waals surface area contributed by atoms with Crippen LogP contribution in [0.15, 0.2) is 24.3 Å². The maximum atomic E-state index is 11.4. The van der Waals surface area contributed by atoms with Crippen molar-refractivity contribution in [2.24, 2.45) is 5.73 Å². The standard InChI is InChI=1S/C11H15ClN2O2/c1-14(7-6-13)11(15)16-8-9-4-2-3-5-10(9)12/h2-5H,6-8,13H2,1H3. The van der Waals surface area contributed by atoms with Gasteiger partial charge in [-0.15, -0.1) is 0 Å². The van der Waals surface area contributed by atoms with Crippen LogP contribution in [0.3, 0.4) is 0 Å². The van der Waals surface area contributed by atoms with Gasteiger partial charge in [-0.05, 0) is 6.07 Å². The third-order valence-corrected chi connectivity index (χ3v) is 2.45. The summed E-state index contributed by atoms with van der Waals surface area (Å²) in [5, 5.41) is 0.594. The molecule has 1 rings (SSSR count). The molecule has 0 fully saturated rings. The number of carbonyl (C=O) groups excluding carboxylic acids is 1. The minimum absolute atomic E-state index is 0.174. The average Bonchev–Trinajstić information content (AvgIpc) is 2.28. The van der Waals surface area contributed by atoms with E-state index in [1.165, 1.54) is 4.90 Å². The largest absolute Gasteiger partial charge is 0.444 e. The third kappa shape index (κ3) is 3.72. The quantitative estimate of drug-likeness (QED) is 0.877. The first-order valence-electron chi connectivity index (χ1n) is 4.96. The van der Waals surface area contributed by atoms with Crippen LogP contribution in [-0.4, -0.2) is 31.1 Å². The Hall–Kier alpha value is -1.26. The number of rotatable bonds is 4. The van der Waals surface area contributed by atoms with Gasteiger partial charge in [0.1, 0.15) is 6.61 Å². The van der Waals surface area contributed by atoms with E-state index in [0.717, 1.165) is 5.56 Å². The number of nitrogens with zero attached hydrogens (tertiary/aromatic N) is 1. The van der Waals surface area contributed by atoms with Crippen molar-refractivity contribution in [1.29, 1.82) is 0 Å². The van der Waals surface area contributed by atoms with Crippen molar-refractivity contribution in [1.82, 2.24) is 4.90 Å². The summed E-state index contributed by atoms with van der Waals surface area (Å²) in [6, 6.07) is 7.25. The van der Waals surface area contributed by atoms with Gasteiger partial charge in [0.2, 0.25) is 0 Å². The molecule has 1 aromatic rings. The smallest absolute Gasteiger partial charge is 0.409 e. The second kappa shape index (κ2) is 6.35. The van der Waals surface area contributed by atoms with E-state index >= 15 is 0 Å². The zero-order valence-electron chi connectivity index (χ0n) is 9.15. The Kier molecular flexibility index (Phi) is 5.08. The predicted octanol–water partition coefficient (Wildman–Crippen LogP) is 1.87. The van der Waals surface area contributed by atoms with Gasteiger partial charge in [0.05, 0.1) is 0 Å². The normalized spacial score (nSPS) is 9.94. The maximum absolute atomic E-state index is 11.4. The summed E-state index contributed by atoms with van der Waals surface area (Å²) in [6.45, 7) is 1.06. The lowest BCUT2D eigenvalue weighted by Crippen LogP contribution is -2.32. The summed E-state index contributed by atoms with van der Waals surface area (Å²) in [5.41, 5.74) is 6.12. The monoisotopic (exact) mass is 242 g/mol. The van der Waals surface area contributed by atoms with Gasteiger partial charge >= 0.3 is 6.09 Å². The topological polar surface area (TPSA) is 55.6 Å². The summed E-state index contributed by atoms with van der Waals surface area (Å²) in [4.78, 5) is 12.9. The molecule has 1 aromatic carbocycles. The molecule has 0 aliphatic heterocycles. The van der Waals surface area contributed by atoms with Gasteiger partial charge in [0.15, 0.2) is 0 Å². The number of nitrogens with two attached hydrogens (primary N) is 1. The first kappa shape index (κ1) is 12.8. The summed E-state index contributed by atoms with van der Waals surface area (Å²) in [6.07, 6.45) is -0.398. The number of ether oxygens (including phenoxy) is 1. The Bertz CT molecular complexity index is 358. The highest BCUT2D eigenvalue weighted by atomic mass is 35.5. The highest BCUT2D eigenvalue weighted by Crippen LogP contribution is 2.15. The molecule has 0 spiro atoms. The van der Waals surface area contributed by atoms with Crippen molar-refractivity contribution in [2.45, 2.75) is 6.61 Å². The summed E-state index contributed by atoms with van der Waals surface area (Å²) >= 11 is 5.92. The number of likely N-dealkylation sites (N-methyl/N-ethyl adjacent to an activating group) is 1. The molecule has 5 heteroatoms. The third-order valence-electron chi connectivity index (χ3n) is 2.09. The molecule has 0 aliphatic rings. The predicted molar refractivity (Wildman–Crippen MR) is 63.3 cm³/mol. The van der Waals surface area contributed by atoms with Gasteiger partial charge in [-0.2, -0.15) is 0 Å². The SMILES string of the molecule is CN(CCN)C(=O)OCc1ccccc1Cl. The average molecular weight is 243 g/mol. The molecule has 0 saturated heterocycles. The lowest BCUT2D eigenvalue weighted by atomic mass is 10.2. The first-order chi connectivity index (χ1) is 7.65. The van der Waals surface area contributed by atoms with Gasteiger partial charge in [0.25, 0.3) is 0 Å². The highest BCUT2D eigenvalue weighted by Gasteiger charge is 2.09. The van der Waals surface area contributed by atoms with E-state index in [1.807, 2.05) is 18.2 Å². The van der Waals surface area contributed by atoms with Crippen LogP contribution >= 0.6 is 11.6 Å². The van der Waals surface area contributed by atoms with Crippen LogP contribution < -0.4 is 5.73 Å². The number of hydrogen-bond acceptors (Lipinski definition) is 3. The molecule has 16 heavy (non-hydrogen) atoms. The molecule has 1 amide bonds. The van der Waals surface area contributed by atoms with Crippen molar-refractivity contribution in [2.75, 3.05) is 20.1 Å². The fraction of sp³-hybridized carbons (Fsp3) is 0.364. The van der Waals surface area contributed by atoms with Crippen molar-refractivity contribution in [3.05, 3.63) is 34.9 Å². The minimum atomic E-state index is -0.398. The zero-order valence-corrected chi connectivity index (χ0v) is 9.91. The highest BCUT2D eigenvalue weighted by molar-refractivity contribution is 6.31. The van der Waals surface area contributed by atoms with Crippen molar-refractivity contribution in [3.63, 3.8) is 0 Å². The molecule has 0 aliphatic carbocycles. The van der Waals surface area contributed by atoms with Crippen LogP contribution in [0.25, 0.3) is 0 Å². The van der Waals surface area contributed by atoms with E-state index in [0.29, 0.717) is 18.1 Å². The van der Waals surface area contributed by atoms with Gasteiger partial charge in [0, 0.05) is 30.7 Å². The van der Waals surface area contributed by atoms with Gasteiger partial charge in [-0.1, -0.05) is 29.8 Å². The molecule has 0 aromatic heterocycles. The Morgan fingerprint density at radius 1 is 1.50 bits per heavy atom. The van der Waals surface area contributed by atoms with E-state index in [-0.39, 0.29) is 6.61 Å². The van der Waals surface area contributed by atoms with E-state index in [1.54, 1.807) is 13.1 Å². The maximum Gasteiger partial charge on any atom is 0.409 e. The van der Waals surface area contributed by atoms with Gasteiger partial charge in [-0.3, -0.25) is 0 Å². The number of carbonyl (C=O) groups is 1. The molecule has 88 valence electrons. The van der Waals surface area contributed by atoms with E-state index < -0.39 is 6.09 Å². The van der Waals surface area contributed by atoms with E-state index in [4.69, 9.17) is 22.1 Å². The van der Waals surface area contributed by atoms with Crippen LogP contribution in [-0.2, 0) is 11.3 Å². The molecule has 0 bridgehead atoms. The molecule has 0 saturated carbocycles. The van der Waals surface area contributed by atoms with Crippen LogP contribution in [0.2, 0.25) is 5.02 Å². The molecular weight excluding hydrogens is 228 g/mol. The van der Waals surface area contributed by atoms with Gasteiger partial charge < -0.3 is 15.4 Å². The number of halogens is 1. The van der Waals surface area contributed by atoms with Crippen molar-refractivity contribution in [3.8, 4) is 0 Å². The van der Waals surface area contributed by atoms with Gasteiger partial charge in [-0.25, -0.2) is 4.79 Å². The summed E-state index contributed by atoms with van der Waals surface area (Å²) in [7, 11) is 1.64. The Morgan fingerprint density at radius 3 is 2.81 bits per heavy atom. The molecular formula is C11H15ClN2O2. The van der Waals surface area contributed by atoms with Crippen molar-refractivity contribution < 1.29 is 9.53 Å². The van der Waals surface area contributed by atoms with E-state index in [2.05, 4.69) is 0 Å². The van der Waals surface area contributed by atoms with Crippen LogP contribution in [0.4, 0.5) is 4.79 Å². The fourth-order valence-electron chi connectivity index (χ4n) is 1.15. The number of amides is 1. The Labute approximate surface area is 99.9 Å². The second-order valence-corrected chi connectivity index (χ2v) is 3.76. The lowest BCUT2D eigenvalue weighted by molar-refractivity contribution is 0.106. The zero-order chi connectivity index (χ0) is 12.0. The molecule has 4 nitrogen and oxygen atoms in total. The number of benzene rings is 1. The van der Waals surface area contributed by atoms with E-state index in [9.17, 15) is 4.79 Å². The molecule has 2 N–H and O–H groups in total. The summed E-state index contributed by atoms with van der Waals surface area (Å²) in [5.74, 6) is 0. The minimum Gasteiger partial charge on any atom is -0.444 e. The Balaban J connectivity index is 2.46.